The topological polar surface area (TPSA) is 231 Å². The molecule has 0 aromatic rings. The highest BCUT2D eigenvalue weighted by atomic mass is 31.2. The summed E-state index contributed by atoms with van der Waals surface area (Å²) in [6, 6.07) is 0. The van der Waals surface area contributed by atoms with Crippen molar-refractivity contribution >= 4 is 33.6 Å². The van der Waals surface area contributed by atoms with Crippen molar-refractivity contribution in [2.24, 2.45) is 0 Å². The van der Waals surface area contributed by atoms with Gasteiger partial charge in [-0.05, 0) is 154 Å². The molecule has 18 heteroatoms. The van der Waals surface area contributed by atoms with Crippen LogP contribution in [0.2, 0.25) is 0 Å². The van der Waals surface area contributed by atoms with Gasteiger partial charge in [-0.15, -0.1) is 0 Å². The molecule has 0 aliphatic heterocycles. The number of rotatable bonds is 80. The molecule has 0 saturated heterocycles. The Morgan fingerprint density at radius 1 is 0.266 bits per heavy atom. The van der Waals surface area contributed by atoms with Gasteiger partial charge in [0.2, 0.25) is 0 Å². The van der Waals surface area contributed by atoms with Crippen LogP contribution in [0.4, 0.5) is 0 Å². The summed E-state index contributed by atoms with van der Waals surface area (Å²) in [5, 5.41) is 20.7. The molecule has 0 rings (SSSR count). The second kappa shape index (κ2) is 82.6. The molecule has 0 radical (unpaired) electrons. The molecule has 5 atom stereocenters. The Hall–Kier alpha value is -4.83. The second-order valence-corrected chi connectivity index (χ2v) is 31.2. The normalized spacial score (nSPS) is 14.7. The van der Waals surface area contributed by atoms with Crippen molar-refractivity contribution in [1.82, 2.24) is 0 Å². The summed E-state index contributed by atoms with van der Waals surface area (Å²) in [4.78, 5) is 58.9. The minimum atomic E-state index is -4.95. The van der Waals surface area contributed by atoms with Crippen LogP contribution in [0.15, 0.2) is 158 Å². The lowest BCUT2D eigenvalue weighted by Gasteiger charge is -2.21. The maximum absolute atomic E-state index is 13.1. The molecule has 4 N–H and O–H groups in total. The third-order valence-electron chi connectivity index (χ3n) is 17.7. The number of allylic oxidation sites excluding steroid dienone is 26. The van der Waals surface area contributed by atoms with E-state index in [1.54, 1.807) is 0 Å². The van der Waals surface area contributed by atoms with E-state index in [2.05, 4.69) is 179 Å². The van der Waals surface area contributed by atoms with Crippen LogP contribution in [0.1, 0.15) is 342 Å². The zero-order valence-electron chi connectivity index (χ0n) is 68.4. The van der Waals surface area contributed by atoms with Crippen LogP contribution in [0.25, 0.3) is 0 Å². The van der Waals surface area contributed by atoms with Crippen molar-refractivity contribution < 1.29 is 75.8 Å². The Bertz CT molecular complexity index is 2610. The van der Waals surface area contributed by atoms with Crippen molar-refractivity contribution in [1.29, 1.82) is 0 Å². The van der Waals surface area contributed by atoms with Gasteiger partial charge in [-0.1, -0.05) is 326 Å². The minimum Gasteiger partial charge on any atom is -0.463 e. The van der Waals surface area contributed by atoms with E-state index in [1.165, 1.54) is 103 Å². The van der Waals surface area contributed by atoms with Gasteiger partial charge >= 0.3 is 33.6 Å². The van der Waals surface area contributed by atoms with Crippen LogP contribution in [-0.4, -0.2) is 95.9 Å². The molecule has 0 bridgehead atoms. The van der Waals surface area contributed by atoms with Gasteiger partial charge in [-0.3, -0.25) is 32.5 Å². The third-order valence-corrected chi connectivity index (χ3v) is 19.6. The van der Waals surface area contributed by atoms with Crippen molar-refractivity contribution in [3.8, 4) is 0 Å². The fraction of sp³-hybridized carbons (Fsp3) is 0.681. The van der Waals surface area contributed by atoms with Crippen LogP contribution in [0.5, 0.6) is 0 Å². The molecule has 0 aliphatic carbocycles. The summed E-state index contributed by atoms with van der Waals surface area (Å²) in [7, 11) is -9.82. The maximum atomic E-state index is 13.1. The Labute approximate surface area is 663 Å². The molecular formula is C91H154O16P2. The first-order chi connectivity index (χ1) is 53.2. The SMILES string of the molecule is CC/C=C\C/C=C\C/C=C\C/C=C\C/C=C\CCCCCCCCCCCC(=O)OCC(O)COP(=O)(O)OCC(O)COP(=O)(O)OCC(COC(=O)CCCCCCCCCCC/C=C\C/C=C\C/C=C\C/C=C\CCCCC)OC(=O)CCCCCCCCC/C=C\C/C=C\C/C=C\C/C=C\CCCCC. The van der Waals surface area contributed by atoms with E-state index in [1.807, 2.05) is 0 Å². The number of carbonyl (C=O) groups excluding carboxylic acids is 3. The molecule has 0 aromatic heterocycles. The standard InChI is InChI=1S/C91H154O16P2/c1-4-7-10-13-16-19-22-25-28-31-34-37-40-42-45-47-50-53-56-59-62-65-68-71-74-77-89(94)101-80-86(92)81-103-108(97,98)104-82-87(93)83-105-109(99,100)106-85-88(107-91(96)79-76-73-70-67-64-61-58-55-52-49-44-39-36-33-30-27-24-21-18-15-12-9-6-3)84-102-90(95)78-75-72-69-66-63-60-57-54-51-48-46-43-41-38-35-32-29-26-23-20-17-14-11-8-5-2/h7,10,16-21,25-30,34-39,42-43,45-46,49,52,86-88,92-93H,4-6,8-9,11-15,22-24,31-33,40-41,44,47-48,50-51,53-85H2,1-3H3,(H,97,98)(H,99,100)/b10-7-,19-16-,20-17-,21-18-,28-25-,29-26-,30-27-,37-34-,38-35-,39-36-,45-42-,46-43-,52-49-. The van der Waals surface area contributed by atoms with Gasteiger partial charge in [-0.2, -0.15) is 0 Å². The van der Waals surface area contributed by atoms with Gasteiger partial charge < -0.3 is 34.2 Å². The van der Waals surface area contributed by atoms with Crippen LogP contribution < -0.4 is 0 Å². The van der Waals surface area contributed by atoms with Crippen LogP contribution in [-0.2, 0) is 55.8 Å². The highest BCUT2D eigenvalue weighted by molar-refractivity contribution is 7.47. The molecule has 0 spiro atoms. The quantitative estimate of drug-likeness (QED) is 0.0146. The molecule has 0 amide bonds. The van der Waals surface area contributed by atoms with E-state index < -0.39 is 91.5 Å². The summed E-state index contributed by atoms with van der Waals surface area (Å²) in [6.45, 7) is 2.51. The lowest BCUT2D eigenvalue weighted by molar-refractivity contribution is -0.161. The summed E-state index contributed by atoms with van der Waals surface area (Å²) >= 11 is 0. The highest BCUT2D eigenvalue weighted by Crippen LogP contribution is 2.45. The van der Waals surface area contributed by atoms with Gasteiger partial charge in [-0.25, -0.2) is 9.13 Å². The van der Waals surface area contributed by atoms with E-state index in [4.69, 9.17) is 32.3 Å². The van der Waals surface area contributed by atoms with Crippen LogP contribution in [0, 0.1) is 0 Å². The van der Waals surface area contributed by atoms with Crippen LogP contribution >= 0.6 is 15.6 Å². The molecule has 5 unspecified atom stereocenters. The van der Waals surface area contributed by atoms with Crippen molar-refractivity contribution in [2.75, 3.05) is 39.6 Å². The number of aliphatic hydroxyl groups excluding tert-OH is 2. The summed E-state index contributed by atoms with van der Waals surface area (Å²) in [5.41, 5.74) is 0. The molecular weight excluding hydrogens is 1410 g/mol. The van der Waals surface area contributed by atoms with Gasteiger partial charge in [0.05, 0.1) is 26.4 Å². The number of hydrogen-bond acceptors (Lipinski definition) is 14. The predicted octanol–water partition coefficient (Wildman–Crippen LogP) is 25.8. The number of ether oxygens (including phenoxy) is 3. The lowest BCUT2D eigenvalue weighted by Crippen LogP contribution is -2.30. The number of unbranched alkanes of at least 4 members (excludes halogenated alkanes) is 31. The predicted molar refractivity (Wildman–Crippen MR) is 454 cm³/mol. The Morgan fingerprint density at radius 2 is 0.486 bits per heavy atom. The number of esters is 3. The Morgan fingerprint density at radius 3 is 0.771 bits per heavy atom. The first-order valence-electron chi connectivity index (χ1n) is 42.8. The summed E-state index contributed by atoms with van der Waals surface area (Å²) in [6.07, 6.45) is 104. The zero-order valence-corrected chi connectivity index (χ0v) is 70.2. The number of carbonyl (C=O) groups is 3. The Kier molecular flexibility index (Phi) is 79.0. The fourth-order valence-electron chi connectivity index (χ4n) is 11.2. The molecule has 109 heavy (non-hydrogen) atoms. The lowest BCUT2D eigenvalue weighted by atomic mass is 10.1. The molecule has 0 fully saturated rings. The highest BCUT2D eigenvalue weighted by Gasteiger charge is 2.29. The van der Waals surface area contributed by atoms with Gasteiger partial charge in [0, 0.05) is 19.3 Å². The van der Waals surface area contributed by atoms with Crippen molar-refractivity contribution in [3.63, 3.8) is 0 Å². The average Bonchev–Trinajstić information content (AvgIpc) is 0.903. The molecule has 0 heterocycles. The van der Waals surface area contributed by atoms with Gasteiger partial charge in [0.25, 0.3) is 0 Å². The van der Waals surface area contributed by atoms with E-state index in [9.17, 15) is 43.5 Å². The van der Waals surface area contributed by atoms with Gasteiger partial charge in [0.1, 0.15) is 25.4 Å². The summed E-state index contributed by atoms with van der Waals surface area (Å²) in [5.74, 6) is -1.60. The van der Waals surface area contributed by atoms with Gasteiger partial charge in [0.15, 0.2) is 6.10 Å². The minimum absolute atomic E-state index is 0.0863. The zero-order chi connectivity index (χ0) is 79.4. The average molecular weight is 1570 g/mol. The molecule has 0 saturated carbocycles. The van der Waals surface area contributed by atoms with E-state index in [0.717, 1.165) is 180 Å². The third kappa shape index (κ3) is 83.9. The molecule has 0 aromatic carbocycles. The maximum Gasteiger partial charge on any atom is 0.472 e. The number of aliphatic hydroxyl groups is 2. The fourth-order valence-corrected chi connectivity index (χ4v) is 12.8. The second-order valence-electron chi connectivity index (χ2n) is 28.2. The number of hydrogen-bond donors (Lipinski definition) is 4. The number of phosphoric acid groups is 2. The monoisotopic (exact) mass is 1570 g/mol. The van der Waals surface area contributed by atoms with Crippen molar-refractivity contribution in [2.45, 2.75) is 360 Å². The molecule has 624 valence electrons. The number of phosphoric ester groups is 2. The first kappa shape index (κ1) is 104. The molecule has 0 aliphatic rings. The Balaban J connectivity index is 4.72. The van der Waals surface area contributed by atoms with E-state index >= 15 is 0 Å². The largest absolute Gasteiger partial charge is 0.472 e. The first-order valence-corrected chi connectivity index (χ1v) is 45.8. The summed E-state index contributed by atoms with van der Waals surface area (Å²) < 4.78 is 61.4. The smallest absolute Gasteiger partial charge is 0.463 e. The van der Waals surface area contributed by atoms with Crippen LogP contribution in [0.3, 0.4) is 0 Å². The van der Waals surface area contributed by atoms with Crippen molar-refractivity contribution in [3.05, 3.63) is 158 Å². The van der Waals surface area contributed by atoms with E-state index in [-0.39, 0.29) is 19.3 Å². The molecule has 16 nitrogen and oxygen atoms in total. The van der Waals surface area contributed by atoms with E-state index in [0.29, 0.717) is 19.3 Å².